The van der Waals surface area contributed by atoms with E-state index in [0.717, 1.165) is 6.08 Å². The van der Waals surface area contributed by atoms with Crippen molar-refractivity contribution in [1.82, 2.24) is 0 Å². The fraction of sp³-hybridized carbons (Fsp3) is 0.571. The molecule has 0 aromatic carbocycles. The second kappa shape index (κ2) is 7.98. The van der Waals surface area contributed by atoms with Gasteiger partial charge in [0.2, 0.25) is 0 Å². The fourth-order valence-corrected chi connectivity index (χ4v) is 0.998. The number of hydrogen-bond acceptors (Lipinski definition) is 4. The second-order valence-electron chi connectivity index (χ2n) is 1.83. The van der Waals surface area contributed by atoms with Crippen molar-refractivity contribution in [3.63, 3.8) is 0 Å². The van der Waals surface area contributed by atoms with E-state index < -0.39 is 13.6 Å². The van der Waals surface area contributed by atoms with E-state index in [-0.39, 0.29) is 0 Å². The monoisotopic (exact) mass is 210 g/mol. The molecule has 0 rings (SSSR count). The van der Waals surface area contributed by atoms with Gasteiger partial charge in [-0.1, -0.05) is 13.5 Å². The molecule has 6 heteroatoms. The number of carboxylic acids is 1. The van der Waals surface area contributed by atoms with Crippen molar-refractivity contribution in [2.24, 2.45) is 0 Å². The molecule has 0 aliphatic heterocycles. The molecule has 13 heavy (non-hydrogen) atoms. The largest absolute Gasteiger partial charge is 0.478 e. The van der Waals surface area contributed by atoms with Gasteiger partial charge in [0, 0.05) is 26.5 Å². The van der Waals surface area contributed by atoms with Crippen LogP contribution in [0.2, 0.25) is 0 Å². The number of carbonyl (C=O) groups is 1. The Balaban J connectivity index is 0. The van der Waals surface area contributed by atoms with E-state index in [1.807, 2.05) is 0 Å². The summed E-state index contributed by atoms with van der Waals surface area (Å²) in [5.74, 6) is -0.981. The third-order valence-corrected chi connectivity index (χ3v) is 3.01. The molecule has 0 saturated carbocycles. The molecule has 0 aromatic rings. The second-order valence-corrected chi connectivity index (χ2v) is 4.42. The molecule has 0 bridgehead atoms. The van der Waals surface area contributed by atoms with E-state index in [1.165, 1.54) is 14.2 Å². The smallest absolute Gasteiger partial charge is 0.329 e. The van der Waals surface area contributed by atoms with E-state index in [1.54, 1.807) is 6.92 Å². The molecule has 0 aromatic heterocycles. The van der Waals surface area contributed by atoms with Crippen LogP contribution in [-0.4, -0.2) is 31.5 Å². The Labute approximate surface area is 77.9 Å². The lowest BCUT2D eigenvalue weighted by Crippen LogP contribution is -1.89. The van der Waals surface area contributed by atoms with E-state index in [9.17, 15) is 9.36 Å². The van der Waals surface area contributed by atoms with Crippen LogP contribution in [0.5, 0.6) is 0 Å². The molecule has 5 nitrogen and oxygen atoms in total. The normalized spacial score (nSPS) is 9.77. The van der Waals surface area contributed by atoms with Gasteiger partial charge in [-0.2, -0.15) is 0 Å². The summed E-state index contributed by atoms with van der Waals surface area (Å²) in [6, 6.07) is 0. The average molecular weight is 210 g/mol. The molecule has 0 unspecified atom stereocenters. The fourth-order valence-electron chi connectivity index (χ4n) is 0.333. The highest BCUT2D eigenvalue weighted by Gasteiger charge is 2.15. The van der Waals surface area contributed by atoms with Crippen LogP contribution < -0.4 is 0 Å². The van der Waals surface area contributed by atoms with Gasteiger partial charge in [-0.15, -0.1) is 0 Å². The maximum Gasteiger partial charge on any atom is 0.329 e. The summed E-state index contributed by atoms with van der Waals surface area (Å²) in [5.41, 5.74) is 0. The molecule has 0 amide bonds. The van der Waals surface area contributed by atoms with E-state index >= 15 is 0 Å². The van der Waals surface area contributed by atoms with Crippen molar-refractivity contribution >= 4 is 13.6 Å². The van der Waals surface area contributed by atoms with Gasteiger partial charge in [0.05, 0.1) is 0 Å². The van der Waals surface area contributed by atoms with Crippen molar-refractivity contribution in [2.75, 3.05) is 20.4 Å². The van der Waals surface area contributed by atoms with Gasteiger partial charge < -0.3 is 14.2 Å². The molecule has 0 fully saturated rings. The Morgan fingerprint density at radius 2 is 1.85 bits per heavy atom. The molecule has 0 spiro atoms. The molecule has 0 atom stereocenters. The van der Waals surface area contributed by atoms with Gasteiger partial charge in [0.15, 0.2) is 0 Å². The Kier molecular flexibility index (Phi) is 9.12. The number of carboxylic acid groups (broad SMARTS) is 1. The van der Waals surface area contributed by atoms with Gasteiger partial charge in [-0.05, 0) is 0 Å². The van der Waals surface area contributed by atoms with Crippen molar-refractivity contribution < 1.29 is 23.5 Å². The van der Waals surface area contributed by atoms with Crippen LogP contribution in [0.25, 0.3) is 0 Å². The quantitative estimate of drug-likeness (QED) is 0.565. The molecule has 0 radical (unpaired) electrons. The van der Waals surface area contributed by atoms with Crippen LogP contribution in [0.15, 0.2) is 12.7 Å². The summed E-state index contributed by atoms with van der Waals surface area (Å²) in [7, 11) is 0.103. The van der Waals surface area contributed by atoms with Crippen LogP contribution in [-0.2, 0) is 18.4 Å². The molecule has 1 N–H and O–H groups in total. The highest BCUT2D eigenvalue weighted by atomic mass is 31.2. The first-order valence-corrected chi connectivity index (χ1v) is 5.24. The SMILES string of the molecule is C=CC(=O)O.CCP(=O)(OC)OC. The molecule has 78 valence electrons. The van der Waals surface area contributed by atoms with Crippen LogP contribution in [0, 0.1) is 0 Å². The van der Waals surface area contributed by atoms with Gasteiger partial charge in [0.25, 0.3) is 0 Å². The Hall–Kier alpha value is -0.640. The van der Waals surface area contributed by atoms with Crippen LogP contribution in [0.1, 0.15) is 6.92 Å². The van der Waals surface area contributed by atoms with Crippen LogP contribution in [0.4, 0.5) is 0 Å². The molecular formula is C7H15O5P. The lowest BCUT2D eigenvalue weighted by atomic mass is 10.7. The number of rotatable bonds is 4. The summed E-state index contributed by atoms with van der Waals surface area (Å²) >= 11 is 0. The lowest BCUT2D eigenvalue weighted by Gasteiger charge is -2.08. The summed E-state index contributed by atoms with van der Waals surface area (Å²) in [4.78, 5) is 9.25. The van der Waals surface area contributed by atoms with E-state index in [4.69, 9.17) is 5.11 Å². The Bertz CT molecular complexity index is 182. The average Bonchev–Trinajstić information content (AvgIpc) is 2.17. The minimum absolute atomic E-state index is 0.431. The van der Waals surface area contributed by atoms with Crippen molar-refractivity contribution in [3.8, 4) is 0 Å². The standard InChI is InChI=1S/C4H11O3P.C3H4O2/c1-4-8(5,6-2)7-3;1-2-3(4)5/h4H2,1-3H3;2H,1H2,(H,4,5). The first-order valence-electron chi connectivity index (χ1n) is 3.51. The van der Waals surface area contributed by atoms with Gasteiger partial charge in [-0.3, -0.25) is 4.57 Å². The number of aliphatic carboxylic acids is 1. The first kappa shape index (κ1) is 14.9. The van der Waals surface area contributed by atoms with E-state index in [0.29, 0.717) is 6.16 Å². The summed E-state index contributed by atoms with van der Waals surface area (Å²) in [6.07, 6.45) is 1.26. The predicted octanol–water partition coefficient (Wildman–Crippen LogP) is 1.75. The zero-order valence-corrected chi connectivity index (χ0v) is 8.91. The third kappa shape index (κ3) is 9.27. The highest BCUT2D eigenvalue weighted by Crippen LogP contribution is 2.45. The summed E-state index contributed by atoms with van der Waals surface area (Å²) in [6.45, 7) is 4.72. The van der Waals surface area contributed by atoms with Gasteiger partial charge in [-0.25, -0.2) is 4.79 Å². The van der Waals surface area contributed by atoms with Gasteiger partial charge in [0.1, 0.15) is 0 Å². The topological polar surface area (TPSA) is 72.8 Å². The first-order chi connectivity index (χ1) is 5.95. The minimum Gasteiger partial charge on any atom is -0.478 e. The summed E-state index contributed by atoms with van der Waals surface area (Å²) in [5, 5.41) is 7.60. The molecule has 0 heterocycles. The zero-order valence-electron chi connectivity index (χ0n) is 8.02. The minimum atomic E-state index is -2.66. The third-order valence-electron chi connectivity index (χ3n) is 1.12. The van der Waals surface area contributed by atoms with Gasteiger partial charge >= 0.3 is 13.6 Å². The molecule has 0 saturated heterocycles. The van der Waals surface area contributed by atoms with Crippen LogP contribution in [0.3, 0.4) is 0 Å². The van der Waals surface area contributed by atoms with Crippen molar-refractivity contribution in [1.29, 1.82) is 0 Å². The summed E-state index contributed by atoms with van der Waals surface area (Å²) < 4.78 is 20.0. The van der Waals surface area contributed by atoms with Crippen molar-refractivity contribution in [3.05, 3.63) is 12.7 Å². The zero-order chi connectivity index (χ0) is 10.9. The maximum absolute atomic E-state index is 10.9. The van der Waals surface area contributed by atoms with Crippen molar-refractivity contribution in [2.45, 2.75) is 6.92 Å². The molecule has 0 aliphatic carbocycles. The Morgan fingerprint density at radius 3 is 1.85 bits per heavy atom. The van der Waals surface area contributed by atoms with Crippen LogP contribution >= 0.6 is 7.60 Å². The maximum atomic E-state index is 10.9. The molecule has 0 aliphatic rings. The highest BCUT2D eigenvalue weighted by molar-refractivity contribution is 7.53. The molecular weight excluding hydrogens is 195 g/mol. The number of hydrogen-bond donors (Lipinski definition) is 1. The van der Waals surface area contributed by atoms with E-state index in [2.05, 4.69) is 15.6 Å². The Morgan fingerprint density at radius 1 is 1.54 bits per heavy atom. The predicted molar refractivity (Wildman–Crippen MR) is 50.0 cm³/mol. The lowest BCUT2D eigenvalue weighted by molar-refractivity contribution is -0.131.